The fourth-order valence-corrected chi connectivity index (χ4v) is 1.83. The first-order valence-corrected chi connectivity index (χ1v) is 6.19. The minimum absolute atomic E-state index is 0.160. The van der Waals surface area contributed by atoms with Crippen LogP contribution in [0.1, 0.15) is 31.9 Å². The second kappa shape index (κ2) is 5.98. The van der Waals surface area contributed by atoms with Crippen LogP contribution in [0, 0.1) is 0 Å². The van der Waals surface area contributed by atoms with Gasteiger partial charge < -0.3 is 14.8 Å². The molecule has 1 fully saturated rings. The van der Waals surface area contributed by atoms with Crippen LogP contribution in [0.25, 0.3) is 0 Å². The number of ether oxygens (including phenoxy) is 2. The van der Waals surface area contributed by atoms with Gasteiger partial charge in [0.05, 0.1) is 18.8 Å². The monoisotopic (exact) mass is 236 g/mol. The molecule has 0 saturated carbocycles. The van der Waals surface area contributed by atoms with Gasteiger partial charge in [0.15, 0.2) is 0 Å². The van der Waals surface area contributed by atoms with E-state index in [9.17, 15) is 0 Å². The zero-order valence-corrected chi connectivity index (χ0v) is 10.5. The van der Waals surface area contributed by atoms with Gasteiger partial charge in [-0.15, -0.1) is 0 Å². The summed E-state index contributed by atoms with van der Waals surface area (Å²) in [5.74, 6) is 0.679. The van der Waals surface area contributed by atoms with E-state index in [-0.39, 0.29) is 12.1 Å². The lowest BCUT2D eigenvalue weighted by atomic mass is 10.1. The van der Waals surface area contributed by atoms with Gasteiger partial charge in [0.1, 0.15) is 0 Å². The van der Waals surface area contributed by atoms with Gasteiger partial charge in [0.2, 0.25) is 5.88 Å². The Morgan fingerprint density at radius 1 is 1.47 bits per heavy atom. The van der Waals surface area contributed by atoms with Crippen molar-refractivity contribution in [3.8, 4) is 5.88 Å². The van der Waals surface area contributed by atoms with Crippen molar-refractivity contribution in [2.75, 3.05) is 19.8 Å². The predicted molar refractivity (Wildman–Crippen MR) is 66.2 cm³/mol. The molecule has 2 rings (SSSR count). The summed E-state index contributed by atoms with van der Waals surface area (Å²) < 4.78 is 11.1. The fraction of sp³-hybridized carbons (Fsp3) is 0.615. The molecule has 1 N–H and O–H groups in total. The van der Waals surface area contributed by atoms with Gasteiger partial charge in [-0.25, -0.2) is 4.98 Å². The van der Waals surface area contributed by atoms with Crippen LogP contribution < -0.4 is 10.1 Å². The topological polar surface area (TPSA) is 43.4 Å². The number of hydrogen-bond acceptors (Lipinski definition) is 4. The molecular formula is C13H20N2O2. The molecule has 1 aliphatic heterocycles. The highest BCUT2D eigenvalue weighted by atomic mass is 16.5. The molecule has 0 aromatic carbocycles. The third-order valence-corrected chi connectivity index (χ3v) is 2.66. The van der Waals surface area contributed by atoms with E-state index in [2.05, 4.69) is 16.4 Å². The van der Waals surface area contributed by atoms with E-state index in [1.807, 2.05) is 26.1 Å². The van der Waals surface area contributed by atoms with Crippen molar-refractivity contribution in [2.24, 2.45) is 0 Å². The molecule has 17 heavy (non-hydrogen) atoms. The summed E-state index contributed by atoms with van der Waals surface area (Å²) in [5.41, 5.74) is 1.16. The fourth-order valence-electron chi connectivity index (χ4n) is 1.83. The highest BCUT2D eigenvalue weighted by molar-refractivity contribution is 5.21. The zero-order chi connectivity index (χ0) is 12.1. The van der Waals surface area contributed by atoms with Gasteiger partial charge in [-0.3, -0.25) is 0 Å². The Morgan fingerprint density at radius 3 is 3.06 bits per heavy atom. The van der Waals surface area contributed by atoms with E-state index in [0.29, 0.717) is 12.5 Å². The molecule has 1 aliphatic rings. The van der Waals surface area contributed by atoms with Gasteiger partial charge in [0, 0.05) is 18.9 Å². The third-order valence-electron chi connectivity index (χ3n) is 2.66. The molecule has 1 aromatic rings. The molecule has 4 heteroatoms. The van der Waals surface area contributed by atoms with Crippen molar-refractivity contribution in [1.29, 1.82) is 0 Å². The Hall–Kier alpha value is -1.13. The number of aromatic nitrogens is 1. The van der Waals surface area contributed by atoms with Crippen molar-refractivity contribution in [1.82, 2.24) is 10.3 Å². The van der Waals surface area contributed by atoms with Gasteiger partial charge in [-0.05, 0) is 32.4 Å². The smallest absolute Gasteiger partial charge is 0.213 e. The third kappa shape index (κ3) is 3.68. The van der Waals surface area contributed by atoms with E-state index in [4.69, 9.17) is 9.47 Å². The average molecular weight is 236 g/mol. The summed E-state index contributed by atoms with van der Waals surface area (Å²) in [7, 11) is 0. The molecule has 0 aliphatic carbocycles. The first-order chi connectivity index (χ1) is 8.25. The Balaban J connectivity index is 2.00. The lowest BCUT2D eigenvalue weighted by Gasteiger charge is -2.16. The lowest BCUT2D eigenvalue weighted by molar-refractivity contribution is 0.131. The van der Waals surface area contributed by atoms with Gasteiger partial charge in [0.25, 0.3) is 0 Å². The Bertz CT molecular complexity index is 330. The molecule has 0 bridgehead atoms. The van der Waals surface area contributed by atoms with E-state index in [1.165, 1.54) is 0 Å². The van der Waals surface area contributed by atoms with Crippen LogP contribution in [0.5, 0.6) is 5.88 Å². The molecule has 4 nitrogen and oxygen atoms in total. The molecular weight excluding hydrogens is 216 g/mol. The summed E-state index contributed by atoms with van der Waals surface area (Å²) in [5, 5.41) is 3.45. The quantitative estimate of drug-likeness (QED) is 0.870. The lowest BCUT2D eigenvalue weighted by Crippen LogP contribution is -2.23. The molecule has 1 atom stereocenters. The van der Waals surface area contributed by atoms with Crippen molar-refractivity contribution >= 4 is 0 Å². The van der Waals surface area contributed by atoms with Crippen molar-refractivity contribution < 1.29 is 9.47 Å². The number of hydrogen-bond donors (Lipinski definition) is 1. The largest absolute Gasteiger partial charge is 0.475 e. The summed E-state index contributed by atoms with van der Waals surface area (Å²) in [6, 6.07) is 4.22. The van der Waals surface area contributed by atoms with Crippen LogP contribution in [-0.4, -0.2) is 30.8 Å². The molecule has 2 heterocycles. The van der Waals surface area contributed by atoms with E-state index < -0.39 is 0 Å². The summed E-state index contributed by atoms with van der Waals surface area (Å²) >= 11 is 0. The molecule has 0 radical (unpaired) electrons. The first kappa shape index (κ1) is 12.3. The second-order valence-electron chi connectivity index (χ2n) is 4.53. The minimum atomic E-state index is 0.160. The number of nitrogens with zero attached hydrogens (tertiary/aromatic N) is 1. The van der Waals surface area contributed by atoms with Crippen molar-refractivity contribution in [2.45, 2.75) is 32.4 Å². The highest BCUT2D eigenvalue weighted by Crippen LogP contribution is 2.17. The zero-order valence-electron chi connectivity index (χ0n) is 10.5. The highest BCUT2D eigenvalue weighted by Gasteiger charge is 2.14. The van der Waals surface area contributed by atoms with E-state index in [1.54, 1.807) is 0 Å². The van der Waals surface area contributed by atoms with E-state index >= 15 is 0 Å². The van der Waals surface area contributed by atoms with Gasteiger partial charge in [-0.2, -0.15) is 0 Å². The number of pyridine rings is 1. The minimum Gasteiger partial charge on any atom is -0.475 e. The van der Waals surface area contributed by atoms with Gasteiger partial charge in [-0.1, -0.05) is 6.07 Å². The molecule has 94 valence electrons. The molecule has 0 spiro atoms. The van der Waals surface area contributed by atoms with E-state index in [0.717, 1.165) is 25.1 Å². The summed E-state index contributed by atoms with van der Waals surface area (Å²) in [6.45, 7) is 6.54. The Labute approximate surface area is 102 Å². The van der Waals surface area contributed by atoms with Crippen molar-refractivity contribution in [3.05, 3.63) is 23.9 Å². The molecule has 0 amide bonds. The van der Waals surface area contributed by atoms with Crippen LogP contribution >= 0.6 is 0 Å². The van der Waals surface area contributed by atoms with Gasteiger partial charge >= 0.3 is 0 Å². The van der Waals surface area contributed by atoms with Crippen LogP contribution in [0.4, 0.5) is 0 Å². The number of rotatable bonds is 3. The summed E-state index contributed by atoms with van der Waals surface area (Å²) in [4.78, 5) is 4.31. The van der Waals surface area contributed by atoms with Crippen LogP contribution in [-0.2, 0) is 4.74 Å². The maximum atomic E-state index is 5.53. The number of nitrogens with one attached hydrogen (secondary N) is 1. The Kier molecular flexibility index (Phi) is 4.34. The maximum Gasteiger partial charge on any atom is 0.213 e. The van der Waals surface area contributed by atoms with Crippen molar-refractivity contribution in [3.63, 3.8) is 0 Å². The predicted octanol–water partition coefficient (Wildman–Crippen LogP) is 1.92. The van der Waals surface area contributed by atoms with Crippen LogP contribution in [0.3, 0.4) is 0 Å². The average Bonchev–Trinajstić information content (AvgIpc) is 2.58. The maximum absolute atomic E-state index is 5.53. The molecule has 1 saturated heterocycles. The normalized spacial score (nSPS) is 21.2. The first-order valence-electron chi connectivity index (χ1n) is 6.19. The molecule has 1 aromatic heterocycles. The van der Waals surface area contributed by atoms with Crippen LogP contribution in [0.15, 0.2) is 18.3 Å². The standard InChI is InChI=1S/C13H20N2O2/c1-10(2)17-13-5-4-11(8-15-13)12-9-16-7-3-6-14-12/h4-5,8,10,12,14H,3,6-7,9H2,1-2H3. The molecule has 1 unspecified atom stereocenters. The van der Waals surface area contributed by atoms with Crippen LogP contribution in [0.2, 0.25) is 0 Å². The Morgan fingerprint density at radius 2 is 2.35 bits per heavy atom. The second-order valence-corrected chi connectivity index (χ2v) is 4.53. The summed E-state index contributed by atoms with van der Waals surface area (Å²) in [6.07, 6.45) is 3.09. The SMILES string of the molecule is CC(C)Oc1ccc(C2COCCCN2)cn1.